The van der Waals surface area contributed by atoms with Crippen molar-refractivity contribution in [2.75, 3.05) is 11.9 Å². The van der Waals surface area contributed by atoms with Crippen LogP contribution >= 0.6 is 0 Å². The van der Waals surface area contributed by atoms with E-state index in [1.54, 1.807) is 14.0 Å². The predicted octanol–water partition coefficient (Wildman–Crippen LogP) is 3.30. The first-order chi connectivity index (χ1) is 10.5. The van der Waals surface area contributed by atoms with Crippen molar-refractivity contribution in [2.24, 2.45) is 0 Å². The van der Waals surface area contributed by atoms with E-state index in [0.29, 0.717) is 0 Å². The number of benzene rings is 1. The second-order valence-electron chi connectivity index (χ2n) is 5.53. The van der Waals surface area contributed by atoms with Gasteiger partial charge in [0.05, 0.1) is 0 Å². The van der Waals surface area contributed by atoms with Crippen LogP contribution in [0.3, 0.4) is 0 Å². The van der Waals surface area contributed by atoms with E-state index >= 15 is 0 Å². The average molecular weight is 298 g/mol. The van der Waals surface area contributed by atoms with E-state index in [-0.39, 0.29) is 16.9 Å². The number of unbranched alkanes of at least 4 members (excludes halogenated alkanes) is 1. The Morgan fingerprint density at radius 3 is 2.50 bits per heavy atom. The van der Waals surface area contributed by atoms with Crippen molar-refractivity contribution in [2.45, 2.75) is 33.1 Å². The van der Waals surface area contributed by atoms with Gasteiger partial charge in [0.2, 0.25) is 0 Å². The number of rotatable bonds is 5. The largest absolute Gasteiger partial charge is 0.364 e. The summed E-state index contributed by atoms with van der Waals surface area (Å²) in [5, 5.41) is 0. The molecule has 0 aliphatic rings. The fourth-order valence-corrected chi connectivity index (χ4v) is 2.31. The van der Waals surface area contributed by atoms with Crippen molar-refractivity contribution >= 4 is 11.6 Å². The van der Waals surface area contributed by atoms with Gasteiger partial charge in [-0.3, -0.25) is 9.59 Å². The fraction of sp³-hybridized carbons (Fsp3) is 0.333. The molecule has 4 heteroatoms. The molecule has 0 fully saturated rings. The third-order valence-corrected chi connectivity index (χ3v) is 3.73. The monoisotopic (exact) mass is 298 g/mol. The number of carbonyl (C=O) groups is 1. The van der Waals surface area contributed by atoms with E-state index in [4.69, 9.17) is 0 Å². The lowest BCUT2D eigenvalue weighted by Gasteiger charge is -2.17. The van der Waals surface area contributed by atoms with Crippen molar-refractivity contribution in [1.29, 1.82) is 0 Å². The molecule has 4 nitrogen and oxygen atoms in total. The minimum absolute atomic E-state index is 0.156. The molecule has 0 unspecified atom stereocenters. The Labute approximate surface area is 130 Å². The maximum Gasteiger partial charge on any atom is 0.263 e. The van der Waals surface area contributed by atoms with Crippen LogP contribution in [0.15, 0.2) is 41.3 Å². The molecule has 1 heterocycles. The topological polar surface area (TPSA) is 53.2 Å². The fourth-order valence-electron chi connectivity index (χ4n) is 2.31. The number of anilines is 1. The summed E-state index contributed by atoms with van der Waals surface area (Å²) in [5.74, 6) is -0.303. The van der Waals surface area contributed by atoms with Crippen molar-refractivity contribution in [3.05, 3.63) is 63.6 Å². The molecule has 0 saturated carbocycles. The van der Waals surface area contributed by atoms with Crippen LogP contribution in [0.5, 0.6) is 0 Å². The molecule has 1 aromatic heterocycles. The highest BCUT2D eigenvalue weighted by molar-refractivity contribution is 6.05. The molecule has 2 aromatic rings. The molecule has 22 heavy (non-hydrogen) atoms. The maximum atomic E-state index is 12.4. The van der Waals surface area contributed by atoms with Crippen LogP contribution < -0.4 is 10.3 Å². The first-order valence-corrected chi connectivity index (χ1v) is 7.59. The van der Waals surface area contributed by atoms with Crippen LogP contribution in [0.1, 0.15) is 41.4 Å². The van der Waals surface area contributed by atoms with Crippen LogP contribution in [0, 0.1) is 6.92 Å². The number of aromatic amines is 1. The zero-order chi connectivity index (χ0) is 16.1. The average Bonchev–Trinajstić information content (AvgIpc) is 2.52. The lowest BCUT2D eigenvalue weighted by atomic mass is 10.1. The molecule has 1 amide bonds. The summed E-state index contributed by atoms with van der Waals surface area (Å²) in [5.41, 5.74) is 2.69. The number of pyridine rings is 1. The van der Waals surface area contributed by atoms with E-state index in [2.05, 4.69) is 11.9 Å². The Morgan fingerprint density at radius 1 is 1.23 bits per heavy atom. The Balaban J connectivity index is 2.18. The van der Waals surface area contributed by atoms with Gasteiger partial charge in [-0.2, -0.15) is 0 Å². The van der Waals surface area contributed by atoms with Gasteiger partial charge in [-0.1, -0.05) is 25.5 Å². The molecule has 0 bridgehead atoms. The Morgan fingerprint density at radius 2 is 1.91 bits per heavy atom. The van der Waals surface area contributed by atoms with E-state index in [1.807, 2.05) is 24.3 Å². The zero-order valence-electron chi connectivity index (χ0n) is 13.3. The van der Waals surface area contributed by atoms with Crippen LogP contribution in [0.2, 0.25) is 0 Å². The first kappa shape index (κ1) is 16.0. The summed E-state index contributed by atoms with van der Waals surface area (Å²) in [6, 6.07) is 9.35. The molecule has 1 aromatic carbocycles. The van der Waals surface area contributed by atoms with Crippen LogP contribution in [0.4, 0.5) is 5.69 Å². The van der Waals surface area contributed by atoms with Gasteiger partial charge in [0.1, 0.15) is 5.56 Å². The molecule has 0 spiro atoms. The number of nitrogens with zero attached hydrogens (tertiary/aromatic N) is 1. The number of hydrogen-bond acceptors (Lipinski definition) is 2. The van der Waals surface area contributed by atoms with Gasteiger partial charge in [-0.15, -0.1) is 0 Å². The molecule has 0 atom stereocenters. The Kier molecular flexibility index (Phi) is 5.15. The number of aryl methyl sites for hydroxylation is 2. The van der Waals surface area contributed by atoms with Crippen molar-refractivity contribution in [3.63, 3.8) is 0 Å². The third-order valence-electron chi connectivity index (χ3n) is 3.73. The number of carbonyl (C=O) groups excluding carboxylic acids is 1. The highest BCUT2D eigenvalue weighted by Gasteiger charge is 2.16. The number of amides is 1. The molecular weight excluding hydrogens is 276 g/mol. The van der Waals surface area contributed by atoms with Crippen LogP contribution in [-0.4, -0.2) is 17.9 Å². The van der Waals surface area contributed by atoms with Crippen molar-refractivity contribution < 1.29 is 4.79 Å². The summed E-state index contributed by atoms with van der Waals surface area (Å²) in [6.07, 6.45) is 4.85. The van der Waals surface area contributed by atoms with Gasteiger partial charge in [-0.05, 0) is 37.5 Å². The van der Waals surface area contributed by atoms with Gasteiger partial charge in [-0.25, -0.2) is 0 Å². The normalized spacial score (nSPS) is 10.5. The first-order valence-electron chi connectivity index (χ1n) is 7.59. The molecule has 0 aliphatic carbocycles. The maximum absolute atomic E-state index is 12.4. The quantitative estimate of drug-likeness (QED) is 0.920. The summed E-state index contributed by atoms with van der Waals surface area (Å²) < 4.78 is 0. The van der Waals surface area contributed by atoms with E-state index in [9.17, 15) is 9.59 Å². The molecular formula is C18H22N2O2. The van der Waals surface area contributed by atoms with E-state index in [0.717, 1.165) is 30.6 Å². The number of aromatic nitrogens is 1. The lowest BCUT2D eigenvalue weighted by Crippen LogP contribution is -2.30. The van der Waals surface area contributed by atoms with Gasteiger partial charge >= 0.3 is 0 Å². The van der Waals surface area contributed by atoms with E-state index < -0.39 is 0 Å². The highest BCUT2D eigenvalue weighted by atomic mass is 16.2. The van der Waals surface area contributed by atoms with Crippen molar-refractivity contribution in [3.8, 4) is 0 Å². The number of hydrogen-bond donors (Lipinski definition) is 1. The van der Waals surface area contributed by atoms with Crippen LogP contribution in [0.25, 0.3) is 0 Å². The number of H-pyrrole nitrogens is 1. The molecule has 116 valence electrons. The molecule has 2 rings (SSSR count). The Hall–Kier alpha value is -2.36. The number of nitrogens with one attached hydrogen (secondary N) is 1. The molecule has 0 saturated heterocycles. The predicted molar refractivity (Wildman–Crippen MR) is 89.6 cm³/mol. The van der Waals surface area contributed by atoms with Crippen molar-refractivity contribution in [1.82, 2.24) is 4.98 Å². The Bertz CT molecular complexity index is 702. The minimum atomic E-state index is -0.303. The highest BCUT2D eigenvalue weighted by Crippen LogP contribution is 2.16. The second-order valence-corrected chi connectivity index (χ2v) is 5.53. The minimum Gasteiger partial charge on any atom is -0.364 e. The summed E-state index contributed by atoms with van der Waals surface area (Å²) in [7, 11) is 1.68. The molecule has 1 N–H and O–H groups in total. The second kappa shape index (κ2) is 7.07. The van der Waals surface area contributed by atoms with Gasteiger partial charge in [0, 0.05) is 30.7 Å². The summed E-state index contributed by atoms with van der Waals surface area (Å²) >= 11 is 0. The van der Waals surface area contributed by atoms with Gasteiger partial charge in [0.15, 0.2) is 5.43 Å². The van der Waals surface area contributed by atoms with Gasteiger partial charge < -0.3 is 9.88 Å². The smallest absolute Gasteiger partial charge is 0.263 e. The van der Waals surface area contributed by atoms with Crippen LogP contribution in [-0.2, 0) is 6.42 Å². The lowest BCUT2D eigenvalue weighted by molar-refractivity contribution is 0.0991. The van der Waals surface area contributed by atoms with E-state index in [1.165, 1.54) is 22.7 Å². The third kappa shape index (κ3) is 3.64. The summed E-state index contributed by atoms with van der Waals surface area (Å²) in [4.78, 5) is 28.8. The summed E-state index contributed by atoms with van der Waals surface area (Å²) in [6.45, 7) is 3.95. The van der Waals surface area contributed by atoms with Gasteiger partial charge in [0.25, 0.3) is 5.91 Å². The zero-order valence-corrected chi connectivity index (χ0v) is 13.3. The SMILES string of the molecule is CCCCc1ccc(N(C)C(=O)c2c[nH]c(C)cc2=O)cc1. The molecule has 0 radical (unpaired) electrons. The standard InChI is InChI=1S/C18H22N2O2/c1-4-5-6-14-7-9-15(10-8-14)20(3)18(22)16-12-19-13(2)11-17(16)21/h7-12H,4-6H2,1-3H3,(H,19,21). The molecule has 0 aliphatic heterocycles.